The van der Waals surface area contributed by atoms with Crippen molar-refractivity contribution >= 4 is 34.8 Å². The number of amides is 1. The SMILES string of the molecule is CN(Cc1ccccc1)SNC(=O)c1cc(N2CCC(N3CCOCC3)CC2)c2c(C3CCC3)nn(-c3ccc(F)cc3)c2n1. The number of carbonyl (C=O) groups is 1. The van der Waals surface area contributed by atoms with Crippen LogP contribution in [-0.2, 0) is 11.3 Å². The molecule has 1 saturated carbocycles. The van der Waals surface area contributed by atoms with Crippen molar-refractivity contribution in [2.45, 2.75) is 50.6 Å². The molecule has 236 valence electrons. The predicted molar refractivity (Wildman–Crippen MR) is 176 cm³/mol. The summed E-state index contributed by atoms with van der Waals surface area (Å²) in [4.78, 5) is 23.6. The highest BCUT2D eigenvalue weighted by molar-refractivity contribution is 7.95. The predicted octanol–water partition coefficient (Wildman–Crippen LogP) is 5.55. The fourth-order valence-electron chi connectivity index (χ4n) is 6.68. The van der Waals surface area contributed by atoms with Crippen molar-refractivity contribution in [2.75, 3.05) is 51.3 Å². The van der Waals surface area contributed by atoms with E-state index in [1.165, 1.54) is 30.7 Å². The van der Waals surface area contributed by atoms with Gasteiger partial charge in [-0.25, -0.2) is 18.4 Å². The molecule has 0 bridgehead atoms. The summed E-state index contributed by atoms with van der Waals surface area (Å²) in [6, 6.07) is 19.0. The van der Waals surface area contributed by atoms with Crippen LogP contribution >= 0.6 is 12.1 Å². The van der Waals surface area contributed by atoms with Crippen LogP contribution < -0.4 is 9.62 Å². The van der Waals surface area contributed by atoms with E-state index in [1.807, 2.05) is 35.6 Å². The number of ether oxygens (including phenoxy) is 1. The zero-order valence-corrected chi connectivity index (χ0v) is 26.5. The summed E-state index contributed by atoms with van der Waals surface area (Å²) < 4.78 is 26.3. The monoisotopic (exact) mass is 629 g/mol. The zero-order chi connectivity index (χ0) is 30.8. The number of hydrogen-bond donors (Lipinski definition) is 1. The zero-order valence-electron chi connectivity index (χ0n) is 25.7. The average molecular weight is 630 g/mol. The van der Waals surface area contributed by atoms with Crippen LogP contribution in [0, 0.1) is 5.82 Å². The standard InChI is InChI=1S/C34H40FN7O2S/c1-39(23-24-6-3-2-4-7-24)45-38-34(43)29-22-30(41-16-14-27(15-17-41)40-18-20-44-21-19-40)31-32(25-8-5-9-25)37-42(33(31)36-29)28-12-10-26(35)11-13-28/h2-4,6-7,10-13,22,25,27H,5,8-9,14-21,23H2,1H3,(H,38,43). The minimum absolute atomic E-state index is 0.261. The van der Waals surface area contributed by atoms with E-state index < -0.39 is 0 Å². The summed E-state index contributed by atoms with van der Waals surface area (Å²) in [5.74, 6) is -0.214. The summed E-state index contributed by atoms with van der Waals surface area (Å²) in [6.07, 6.45) is 5.45. The van der Waals surface area contributed by atoms with Crippen molar-refractivity contribution in [2.24, 2.45) is 0 Å². The third kappa shape index (κ3) is 6.58. The molecule has 1 N–H and O–H groups in total. The van der Waals surface area contributed by atoms with E-state index in [0.29, 0.717) is 29.8 Å². The Hall–Kier alpha value is -3.51. The van der Waals surface area contributed by atoms with Crippen LogP contribution in [0.25, 0.3) is 16.7 Å². The highest BCUT2D eigenvalue weighted by Gasteiger charge is 2.32. The number of carbonyl (C=O) groups excluding carboxylic acids is 1. The highest BCUT2D eigenvalue weighted by atomic mass is 32.2. The number of morpholine rings is 1. The van der Waals surface area contributed by atoms with Gasteiger partial charge in [-0.05, 0) is 68.6 Å². The van der Waals surface area contributed by atoms with Crippen LogP contribution in [0.1, 0.15) is 59.8 Å². The van der Waals surface area contributed by atoms with E-state index in [-0.39, 0.29) is 11.7 Å². The van der Waals surface area contributed by atoms with Crippen molar-refractivity contribution < 1.29 is 13.9 Å². The molecule has 2 aromatic heterocycles. The second-order valence-electron chi connectivity index (χ2n) is 12.3. The van der Waals surface area contributed by atoms with Gasteiger partial charge < -0.3 is 9.64 Å². The Morgan fingerprint density at radius 1 is 1.02 bits per heavy atom. The molecule has 0 unspecified atom stereocenters. The van der Waals surface area contributed by atoms with Crippen LogP contribution in [0.3, 0.4) is 0 Å². The fourth-order valence-corrected chi connectivity index (χ4v) is 7.23. The topological polar surface area (TPSA) is 78.8 Å². The molecule has 2 aliphatic heterocycles. The van der Waals surface area contributed by atoms with Gasteiger partial charge in [0.25, 0.3) is 5.91 Å². The fraction of sp³-hybridized carbons (Fsp3) is 0.441. The van der Waals surface area contributed by atoms with Crippen LogP contribution in [0.15, 0.2) is 60.7 Å². The molecule has 0 atom stereocenters. The van der Waals surface area contributed by atoms with Gasteiger partial charge in [0.05, 0.1) is 35.7 Å². The van der Waals surface area contributed by atoms with Crippen LogP contribution in [0.5, 0.6) is 0 Å². The molecule has 3 fully saturated rings. The van der Waals surface area contributed by atoms with Gasteiger partial charge in [0.2, 0.25) is 0 Å². The van der Waals surface area contributed by atoms with Gasteiger partial charge in [0, 0.05) is 56.8 Å². The number of pyridine rings is 1. The second-order valence-corrected chi connectivity index (χ2v) is 13.3. The lowest BCUT2D eigenvalue weighted by Gasteiger charge is -2.41. The van der Waals surface area contributed by atoms with E-state index in [0.717, 1.165) is 93.1 Å². The molecule has 7 rings (SSSR count). The Bertz CT molecular complexity index is 1620. The van der Waals surface area contributed by atoms with Gasteiger partial charge in [-0.15, -0.1) is 0 Å². The first-order valence-corrected chi connectivity index (χ1v) is 16.8. The summed E-state index contributed by atoms with van der Waals surface area (Å²) in [7, 11) is 1.95. The van der Waals surface area contributed by atoms with Crippen molar-refractivity contribution in [3.05, 3.63) is 83.4 Å². The van der Waals surface area contributed by atoms with E-state index >= 15 is 0 Å². The molecule has 1 amide bonds. The van der Waals surface area contributed by atoms with Crippen molar-refractivity contribution in [1.29, 1.82) is 0 Å². The number of aromatic nitrogens is 3. The van der Waals surface area contributed by atoms with E-state index in [1.54, 1.807) is 16.8 Å². The van der Waals surface area contributed by atoms with Gasteiger partial charge in [-0.1, -0.05) is 36.8 Å². The maximum atomic E-state index is 13.9. The number of nitrogens with one attached hydrogen (secondary N) is 1. The molecular weight excluding hydrogens is 589 g/mol. The number of nitrogens with zero attached hydrogens (tertiary/aromatic N) is 6. The third-order valence-electron chi connectivity index (χ3n) is 9.35. The van der Waals surface area contributed by atoms with Crippen molar-refractivity contribution in [3.8, 4) is 5.69 Å². The molecule has 4 aromatic rings. The summed E-state index contributed by atoms with van der Waals surface area (Å²) in [6.45, 7) is 6.04. The van der Waals surface area contributed by atoms with Crippen LogP contribution in [-0.4, -0.2) is 82.4 Å². The van der Waals surface area contributed by atoms with E-state index in [9.17, 15) is 9.18 Å². The lowest BCUT2D eigenvalue weighted by molar-refractivity contribution is 0.0115. The number of benzene rings is 2. The van der Waals surface area contributed by atoms with Gasteiger partial charge in [0.1, 0.15) is 11.5 Å². The lowest BCUT2D eigenvalue weighted by atomic mass is 9.82. The number of fused-ring (bicyclic) bond motifs is 1. The van der Waals surface area contributed by atoms with Gasteiger partial charge in [0.15, 0.2) is 5.65 Å². The number of hydrogen-bond acceptors (Lipinski definition) is 8. The normalized spacial score (nSPS) is 18.4. The molecule has 4 heterocycles. The Morgan fingerprint density at radius 3 is 2.44 bits per heavy atom. The third-order valence-corrected chi connectivity index (χ3v) is 10.1. The maximum absolute atomic E-state index is 13.9. The number of piperidine rings is 1. The van der Waals surface area contributed by atoms with E-state index in [2.05, 4.69) is 26.7 Å². The molecule has 9 nitrogen and oxygen atoms in total. The molecule has 11 heteroatoms. The molecular formula is C34H40FN7O2S. The first-order valence-electron chi connectivity index (χ1n) is 16.0. The summed E-state index contributed by atoms with van der Waals surface area (Å²) >= 11 is 1.26. The molecule has 45 heavy (non-hydrogen) atoms. The first-order chi connectivity index (χ1) is 22.0. The van der Waals surface area contributed by atoms with Gasteiger partial charge in [-0.3, -0.25) is 14.4 Å². The maximum Gasteiger partial charge on any atom is 0.280 e. The van der Waals surface area contributed by atoms with E-state index in [4.69, 9.17) is 14.8 Å². The Balaban J connectivity index is 1.22. The number of halogens is 1. The summed E-state index contributed by atoms with van der Waals surface area (Å²) in [5, 5.41) is 6.13. The molecule has 3 aliphatic rings. The Morgan fingerprint density at radius 2 is 1.76 bits per heavy atom. The lowest BCUT2D eigenvalue weighted by Crippen LogP contribution is -2.49. The van der Waals surface area contributed by atoms with Crippen LogP contribution in [0.4, 0.5) is 10.1 Å². The number of rotatable bonds is 9. The highest BCUT2D eigenvalue weighted by Crippen LogP contribution is 2.43. The van der Waals surface area contributed by atoms with Gasteiger partial charge in [-0.2, -0.15) is 5.10 Å². The quantitative estimate of drug-likeness (QED) is 0.242. The largest absolute Gasteiger partial charge is 0.379 e. The minimum atomic E-state index is -0.303. The second kappa shape index (κ2) is 13.5. The molecule has 0 spiro atoms. The Labute approximate surface area is 268 Å². The average Bonchev–Trinajstić information content (AvgIpc) is 3.42. The number of anilines is 1. The molecule has 0 radical (unpaired) electrons. The molecule has 2 aromatic carbocycles. The summed E-state index contributed by atoms with van der Waals surface area (Å²) in [5.41, 5.74) is 4.92. The molecule has 1 aliphatic carbocycles. The Kier molecular flexibility index (Phi) is 9.02. The smallest absolute Gasteiger partial charge is 0.280 e. The first kappa shape index (κ1) is 30.2. The van der Waals surface area contributed by atoms with Crippen molar-refractivity contribution in [1.82, 2.24) is 28.7 Å². The van der Waals surface area contributed by atoms with Crippen LogP contribution in [0.2, 0.25) is 0 Å². The molecule has 2 saturated heterocycles. The minimum Gasteiger partial charge on any atom is -0.379 e. The van der Waals surface area contributed by atoms with Gasteiger partial charge >= 0.3 is 0 Å². The van der Waals surface area contributed by atoms with Crippen molar-refractivity contribution in [3.63, 3.8) is 0 Å².